The number of phosphoric acid groups is 1. The molecule has 0 aliphatic carbocycles. The largest absolute Gasteiger partial charge is 0.756 e. The Kier molecular flexibility index (Phi) is 39.0. The van der Waals surface area contributed by atoms with E-state index in [1.807, 2.05) is 21.1 Å². The van der Waals surface area contributed by atoms with Crippen LogP contribution in [-0.4, -0.2) is 70.0 Å². The summed E-state index contributed by atoms with van der Waals surface area (Å²) in [6.07, 6.45) is 47.0. The molecular formula is C48H88NO8P. The third-order valence-electron chi connectivity index (χ3n) is 9.82. The second-order valence-corrected chi connectivity index (χ2v) is 18.2. The van der Waals surface area contributed by atoms with Gasteiger partial charge in [0.15, 0.2) is 6.10 Å². The third kappa shape index (κ3) is 43.5. The fourth-order valence-electron chi connectivity index (χ4n) is 6.13. The van der Waals surface area contributed by atoms with Crippen molar-refractivity contribution in [2.45, 2.75) is 200 Å². The summed E-state index contributed by atoms with van der Waals surface area (Å²) in [5.41, 5.74) is 0. The van der Waals surface area contributed by atoms with Crippen molar-refractivity contribution in [1.82, 2.24) is 0 Å². The van der Waals surface area contributed by atoms with Gasteiger partial charge in [-0.1, -0.05) is 152 Å². The van der Waals surface area contributed by atoms with Crippen LogP contribution in [-0.2, 0) is 32.7 Å². The van der Waals surface area contributed by atoms with Gasteiger partial charge in [0.05, 0.1) is 27.7 Å². The SMILES string of the molecule is CCCCC/C=C/C/C=C/CCCCCCCCCCCC(=O)OC[C@H](COP(=O)([O-])OCC[N+](C)(C)C)OC(=O)CCCCCCC/C=C/C/C=C/CCCCC. The van der Waals surface area contributed by atoms with Gasteiger partial charge in [-0.2, -0.15) is 0 Å². The van der Waals surface area contributed by atoms with E-state index in [2.05, 4.69) is 62.5 Å². The molecular weight excluding hydrogens is 750 g/mol. The molecule has 0 N–H and O–H groups in total. The van der Waals surface area contributed by atoms with Crippen molar-refractivity contribution in [2.24, 2.45) is 0 Å². The van der Waals surface area contributed by atoms with Gasteiger partial charge < -0.3 is 27.9 Å². The molecule has 0 aromatic rings. The fourth-order valence-corrected chi connectivity index (χ4v) is 6.85. The van der Waals surface area contributed by atoms with Gasteiger partial charge in [0.1, 0.15) is 19.8 Å². The minimum absolute atomic E-state index is 0.0356. The number of quaternary nitrogens is 1. The fraction of sp³-hybridized carbons (Fsp3) is 0.792. The van der Waals surface area contributed by atoms with Gasteiger partial charge in [-0.25, -0.2) is 0 Å². The monoisotopic (exact) mass is 838 g/mol. The number of carbonyl (C=O) groups is 2. The second kappa shape index (κ2) is 40.4. The number of allylic oxidation sites excluding steroid dienone is 8. The molecule has 0 fully saturated rings. The van der Waals surface area contributed by atoms with Crippen LogP contribution in [0.1, 0.15) is 194 Å². The first kappa shape index (κ1) is 56.0. The number of carbonyl (C=O) groups excluding carboxylic acids is 2. The number of rotatable bonds is 42. The van der Waals surface area contributed by atoms with Crippen LogP contribution >= 0.6 is 7.82 Å². The molecule has 338 valence electrons. The van der Waals surface area contributed by atoms with Crippen molar-refractivity contribution in [1.29, 1.82) is 0 Å². The van der Waals surface area contributed by atoms with Crippen molar-refractivity contribution in [3.63, 3.8) is 0 Å². The van der Waals surface area contributed by atoms with E-state index < -0.39 is 32.5 Å². The average Bonchev–Trinajstić information content (AvgIpc) is 3.17. The Morgan fingerprint density at radius 3 is 1.36 bits per heavy atom. The second-order valence-electron chi connectivity index (χ2n) is 16.8. The molecule has 0 aliphatic rings. The van der Waals surface area contributed by atoms with E-state index in [9.17, 15) is 19.0 Å². The Hall–Kier alpha value is -2.03. The summed E-state index contributed by atoms with van der Waals surface area (Å²) in [5, 5.41) is 0. The first-order valence-corrected chi connectivity index (χ1v) is 24.8. The molecule has 0 aromatic heterocycles. The number of nitrogens with zero attached hydrogens (tertiary/aromatic N) is 1. The lowest BCUT2D eigenvalue weighted by molar-refractivity contribution is -0.870. The Bertz CT molecular complexity index is 1130. The molecule has 1 unspecified atom stereocenters. The highest BCUT2D eigenvalue weighted by molar-refractivity contribution is 7.45. The summed E-state index contributed by atoms with van der Waals surface area (Å²) in [6, 6.07) is 0. The van der Waals surface area contributed by atoms with Crippen molar-refractivity contribution >= 4 is 19.8 Å². The first-order chi connectivity index (χ1) is 28.0. The van der Waals surface area contributed by atoms with Crippen molar-refractivity contribution in [3.05, 3.63) is 48.6 Å². The van der Waals surface area contributed by atoms with Gasteiger partial charge >= 0.3 is 11.9 Å². The van der Waals surface area contributed by atoms with Crippen LogP contribution in [0.2, 0.25) is 0 Å². The summed E-state index contributed by atoms with van der Waals surface area (Å²) >= 11 is 0. The predicted molar refractivity (Wildman–Crippen MR) is 240 cm³/mol. The number of likely N-dealkylation sites (N-methyl/N-ethyl adjacent to an activating group) is 1. The predicted octanol–water partition coefficient (Wildman–Crippen LogP) is 12.8. The molecule has 0 radical (unpaired) electrons. The molecule has 0 heterocycles. The maximum atomic E-state index is 12.7. The molecule has 2 atom stereocenters. The molecule has 0 aromatic carbocycles. The highest BCUT2D eigenvalue weighted by Gasteiger charge is 2.21. The van der Waals surface area contributed by atoms with Gasteiger partial charge in [0.2, 0.25) is 0 Å². The third-order valence-corrected chi connectivity index (χ3v) is 10.8. The van der Waals surface area contributed by atoms with Crippen LogP contribution in [0.4, 0.5) is 0 Å². The molecule has 10 heteroatoms. The van der Waals surface area contributed by atoms with Crippen LogP contribution in [0.5, 0.6) is 0 Å². The molecule has 0 aliphatic heterocycles. The van der Waals surface area contributed by atoms with E-state index in [-0.39, 0.29) is 26.1 Å². The smallest absolute Gasteiger partial charge is 0.306 e. The van der Waals surface area contributed by atoms with Crippen LogP contribution in [0.3, 0.4) is 0 Å². The Morgan fingerprint density at radius 1 is 0.534 bits per heavy atom. The van der Waals surface area contributed by atoms with Crippen molar-refractivity contribution < 1.29 is 42.1 Å². The first-order valence-electron chi connectivity index (χ1n) is 23.3. The number of phosphoric ester groups is 1. The summed E-state index contributed by atoms with van der Waals surface area (Å²) in [6.45, 7) is 4.16. The molecule has 0 saturated heterocycles. The number of ether oxygens (including phenoxy) is 2. The molecule has 0 saturated carbocycles. The standard InChI is InChI=1S/C48H88NO8P/c1-6-8-10-12-14-16-18-20-22-23-24-25-27-28-30-32-34-36-38-40-47(50)54-44-46(45-56-58(52,53)55-43-42-49(3,4)5)57-48(51)41-39-37-35-33-31-29-26-21-19-17-15-13-11-9-7-2/h14-17,20-22,26,46H,6-13,18-19,23-25,27-45H2,1-5H3/b16-14+,17-15+,22-20+,26-21+/t46-/m1/s1. The van der Waals surface area contributed by atoms with Crippen molar-refractivity contribution in [2.75, 3.05) is 47.5 Å². The zero-order valence-corrected chi connectivity index (χ0v) is 38.9. The summed E-state index contributed by atoms with van der Waals surface area (Å²) < 4.78 is 33.9. The van der Waals surface area contributed by atoms with Crippen molar-refractivity contribution in [3.8, 4) is 0 Å². The topological polar surface area (TPSA) is 111 Å². The zero-order valence-electron chi connectivity index (χ0n) is 38.0. The van der Waals surface area contributed by atoms with Crippen LogP contribution < -0.4 is 4.89 Å². The molecule has 0 rings (SSSR count). The van der Waals surface area contributed by atoms with E-state index in [1.54, 1.807) is 0 Å². The maximum absolute atomic E-state index is 12.7. The Morgan fingerprint density at radius 2 is 0.931 bits per heavy atom. The summed E-state index contributed by atoms with van der Waals surface area (Å²) in [5.74, 6) is -0.855. The average molecular weight is 838 g/mol. The van der Waals surface area contributed by atoms with E-state index >= 15 is 0 Å². The summed E-state index contributed by atoms with van der Waals surface area (Å²) in [7, 11) is 1.15. The van der Waals surface area contributed by atoms with Crippen LogP contribution in [0.25, 0.3) is 0 Å². The summed E-state index contributed by atoms with van der Waals surface area (Å²) in [4.78, 5) is 37.6. The van der Waals surface area contributed by atoms with E-state index in [0.29, 0.717) is 17.4 Å². The highest BCUT2D eigenvalue weighted by atomic mass is 31.2. The molecule has 9 nitrogen and oxygen atoms in total. The van der Waals surface area contributed by atoms with Gasteiger partial charge in [0, 0.05) is 12.8 Å². The minimum Gasteiger partial charge on any atom is -0.756 e. The van der Waals surface area contributed by atoms with Gasteiger partial charge in [-0.05, 0) is 77.0 Å². The Labute approximate surface area is 356 Å². The lowest BCUT2D eigenvalue weighted by atomic mass is 10.1. The minimum atomic E-state index is -4.63. The zero-order chi connectivity index (χ0) is 42.8. The van der Waals surface area contributed by atoms with Gasteiger partial charge in [-0.15, -0.1) is 0 Å². The molecule has 0 bridgehead atoms. The van der Waals surface area contributed by atoms with E-state index in [4.69, 9.17) is 18.5 Å². The maximum Gasteiger partial charge on any atom is 0.306 e. The van der Waals surface area contributed by atoms with Crippen LogP contribution in [0.15, 0.2) is 48.6 Å². The number of hydrogen-bond donors (Lipinski definition) is 0. The quantitative estimate of drug-likeness (QED) is 0.0196. The molecule has 0 spiro atoms. The van der Waals surface area contributed by atoms with Gasteiger partial charge in [-0.3, -0.25) is 14.2 Å². The van der Waals surface area contributed by atoms with E-state index in [1.165, 1.54) is 83.5 Å². The van der Waals surface area contributed by atoms with E-state index in [0.717, 1.165) is 77.0 Å². The number of unbranched alkanes of at least 4 members (excludes halogenated alkanes) is 20. The lowest BCUT2D eigenvalue weighted by Gasteiger charge is -2.28. The normalized spacial score (nSPS) is 14.0. The number of esters is 2. The van der Waals surface area contributed by atoms with Gasteiger partial charge in [0.25, 0.3) is 7.82 Å². The molecule has 58 heavy (non-hydrogen) atoms. The lowest BCUT2D eigenvalue weighted by Crippen LogP contribution is -2.37. The Balaban J connectivity index is 4.33. The molecule has 0 amide bonds. The highest BCUT2D eigenvalue weighted by Crippen LogP contribution is 2.38. The number of hydrogen-bond acceptors (Lipinski definition) is 8. The van der Waals surface area contributed by atoms with Crippen LogP contribution in [0, 0.1) is 0 Å².